The number of nitrogens with zero attached hydrogens (tertiary/aromatic N) is 1. The molecule has 0 aliphatic carbocycles. The zero-order valence-corrected chi connectivity index (χ0v) is 16.6. The van der Waals surface area contributed by atoms with E-state index >= 15 is 0 Å². The predicted molar refractivity (Wildman–Crippen MR) is 99.9 cm³/mol. The van der Waals surface area contributed by atoms with Crippen LogP contribution in [0.1, 0.15) is 72.6 Å². The van der Waals surface area contributed by atoms with Crippen molar-refractivity contribution in [1.82, 2.24) is 10.4 Å². The quantitative estimate of drug-likeness (QED) is 0.548. The lowest BCUT2D eigenvalue weighted by Gasteiger charge is -2.51. The molecule has 0 spiro atoms. The molecule has 0 bridgehead atoms. The lowest BCUT2D eigenvalue weighted by molar-refractivity contribution is -0.246. The Morgan fingerprint density at radius 1 is 1.22 bits per heavy atom. The molecule has 0 aromatic rings. The van der Waals surface area contributed by atoms with E-state index < -0.39 is 0 Å². The topological polar surface area (TPSA) is 52.6 Å². The standard InChI is InChI=1S/C17H32N2O2S2/c1-16(2)11-13(12-17(3,4)19(16)21)18-15(20)8-6-5-7-14-9-10-22-23-14/h13-14,21H,5-12H2,1-4H3,(H,18,20). The van der Waals surface area contributed by atoms with Crippen LogP contribution in [0.3, 0.4) is 0 Å². The number of carbonyl (C=O) groups excluding carboxylic acids is 1. The third-order valence-corrected chi connectivity index (χ3v) is 7.92. The zero-order chi connectivity index (χ0) is 17.1. The van der Waals surface area contributed by atoms with E-state index in [1.807, 2.05) is 49.3 Å². The molecule has 0 saturated carbocycles. The molecule has 1 amide bonds. The van der Waals surface area contributed by atoms with Crippen molar-refractivity contribution in [3.63, 3.8) is 0 Å². The Bertz CT molecular complexity index is 391. The first kappa shape index (κ1) is 19.4. The van der Waals surface area contributed by atoms with Crippen molar-refractivity contribution in [2.45, 2.75) is 95.0 Å². The average Bonchev–Trinajstić information content (AvgIpc) is 2.93. The van der Waals surface area contributed by atoms with Crippen LogP contribution >= 0.6 is 21.6 Å². The van der Waals surface area contributed by atoms with E-state index in [1.165, 1.54) is 23.7 Å². The van der Waals surface area contributed by atoms with Crippen molar-refractivity contribution < 1.29 is 10.0 Å². The van der Waals surface area contributed by atoms with Crippen LogP contribution in [0.5, 0.6) is 0 Å². The first-order chi connectivity index (χ1) is 10.7. The van der Waals surface area contributed by atoms with Crippen molar-refractivity contribution in [1.29, 1.82) is 0 Å². The van der Waals surface area contributed by atoms with Gasteiger partial charge in [-0.25, -0.2) is 0 Å². The van der Waals surface area contributed by atoms with Gasteiger partial charge in [0.05, 0.1) is 0 Å². The largest absolute Gasteiger partial charge is 0.353 e. The van der Waals surface area contributed by atoms with Crippen LogP contribution < -0.4 is 5.32 Å². The summed E-state index contributed by atoms with van der Waals surface area (Å²) in [7, 11) is 4.00. The maximum Gasteiger partial charge on any atom is 0.220 e. The van der Waals surface area contributed by atoms with Gasteiger partial charge in [-0.05, 0) is 59.8 Å². The highest BCUT2D eigenvalue weighted by Gasteiger charge is 2.45. The number of unbranched alkanes of at least 4 members (excludes halogenated alkanes) is 1. The monoisotopic (exact) mass is 360 g/mol. The summed E-state index contributed by atoms with van der Waals surface area (Å²) in [5.74, 6) is 1.45. The molecule has 2 aliphatic heterocycles. The molecule has 2 saturated heterocycles. The molecule has 2 aliphatic rings. The minimum Gasteiger partial charge on any atom is -0.353 e. The van der Waals surface area contributed by atoms with Crippen LogP contribution in [0.2, 0.25) is 0 Å². The number of hydrogen-bond acceptors (Lipinski definition) is 5. The minimum atomic E-state index is -0.308. The SMILES string of the molecule is CC1(C)CC(NC(=O)CCCCC2CCSS2)CC(C)(C)N1O. The van der Waals surface area contributed by atoms with Crippen LogP contribution in [0, 0.1) is 0 Å². The van der Waals surface area contributed by atoms with E-state index in [1.54, 1.807) is 0 Å². The molecule has 2 rings (SSSR count). The maximum absolute atomic E-state index is 12.2. The second-order valence-electron chi connectivity index (χ2n) is 8.18. The molecule has 1 unspecified atom stereocenters. The molecular weight excluding hydrogens is 328 g/mol. The average molecular weight is 361 g/mol. The van der Waals surface area contributed by atoms with Gasteiger partial charge < -0.3 is 10.5 Å². The molecule has 1 atom stereocenters. The van der Waals surface area contributed by atoms with E-state index in [0.717, 1.165) is 30.9 Å². The maximum atomic E-state index is 12.2. The number of piperidine rings is 1. The fourth-order valence-corrected chi connectivity index (χ4v) is 6.92. The van der Waals surface area contributed by atoms with Crippen molar-refractivity contribution in [3.05, 3.63) is 0 Å². The van der Waals surface area contributed by atoms with Gasteiger partial charge in [-0.1, -0.05) is 28.0 Å². The second kappa shape index (κ2) is 7.98. The Morgan fingerprint density at radius 2 is 1.87 bits per heavy atom. The molecule has 2 heterocycles. The highest BCUT2D eigenvalue weighted by atomic mass is 33.1. The first-order valence-corrected chi connectivity index (χ1v) is 11.2. The Labute approximate surface area is 148 Å². The number of rotatable bonds is 6. The van der Waals surface area contributed by atoms with Gasteiger partial charge in [0.2, 0.25) is 5.91 Å². The van der Waals surface area contributed by atoms with Crippen LogP contribution in [0.4, 0.5) is 0 Å². The molecule has 6 heteroatoms. The zero-order valence-electron chi connectivity index (χ0n) is 14.9. The van der Waals surface area contributed by atoms with Gasteiger partial charge >= 0.3 is 0 Å². The van der Waals surface area contributed by atoms with Crippen molar-refractivity contribution in [3.8, 4) is 0 Å². The molecule has 134 valence electrons. The van der Waals surface area contributed by atoms with Gasteiger partial charge in [0.1, 0.15) is 0 Å². The van der Waals surface area contributed by atoms with E-state index in [2.05, 4.69) is 5.32 Å². The van der Waals surface area contributed by atoms with E-state index in [0.29, 0.717) is 6.42 Å². The fraction of sp³-hybridized carbons (Fsp3) is 0.941. The molecular formula is C17H32N2O2S2. The van der Waals surface area contributed by atoms with Crippen molar-refractivity contribution in [2.75, 3.05) is 5.75 Å². The number of amides is 1. The van der Waals surface area contributed by atoms with Gasteiger partial charge in [-0.15, -0.1) is 0 Å². The molecule has 0 radical (unpaired) electrons. The number of carbonyl (C=O) groups is 1. The van der Waals surface area contributed by atoms with Crippen LogP contribution in [-0.2, 0) is 4.79 Å². The van der Waals surface area contributed by atoms with E-state index in [9.17, 15) is 10.0 Å². The summed E-state index contributed by atoms with van der Waals surface area (Å²) in [6.07, 6.45) is 6.91. The van der Waals surface area contributed by atoms with Crippen LogP contribution in [-0.4, -0.2) is 44.3 Å². The van der Waals surface area contributed by atoms with Crippen LogP contribution in [0.25, 0.3) is 0 Å². The van der Waals surface area contributed by atoms with E-state index in [-0.39, 0.29) is 23.0 Å². The van der Waals surface area contributed by atoms with Crippen molar-refractivity contribution >= 4 is 27.5 Å². The second-order valence-corrected chi connectivity index (χ2v) is 11.0. The third kappa shape index (κ3) is 5.55. The number of hydroxylamine groups is 2. The summed E-state index contributed by atoms with van der Waals surface area (Å²) in [5, 5.41) is 15.8. The van der Waals surface area contributed by atoms with Gasteiger partial charge in [0.25, 0.3) is 0 Å². The summed E-state index contributed by atoms with van der Waals surface area (Å²) in [4.78, 5) is 12.2. The Morgan fingerprint density at radius 3 is 2.43 bits per heavy atom. The summed E-state index contributed by atoms with van der Waals surface area (Å²) in [5.41, 5.74) is -0.617. The highest BCUT2D eigenvalue weighted by Crippen LogP contribution is 2.40. The van der Waals surface area contributed by atoms with Gasteiger partial charge in [-0.3, -0.25) is 4.79 Å². The first-order valence-electron chi connectivity index (χ1n) is 8.77. The summed E-state index contributed by atoms with van der Waals surface area (Å²) < 4.78 is 0. The summed E-state index contributed by atoms with van der Waals surface area (Å²) in [6.45, 7) is 8.13. The summed E-state index contributed by atoms with van der Waals surface area (Å²) >= 11 is 0. The number of hydrogen-bond donors (Lipinski definition) is 2. The van der Waals surface area contributed by atoms with Gasteiger partial charge in [-0.2, -0.15) is 5.06 Å². The smallest absolute Gasteiger partial charge is 0.220 e. The lowest BCUT2D eigenvalue weighted by Crippen LogP contribution is -2.62. The molecule has 2 N–H and O–H groups in total. The van der Waals surface area contributed by atoms with Gasteiger partial charge in [0, 0.05) is 34.5 Å². The Hall–Kier alpha value is 0.0900. The normalized spacial score (nSPS) is 28.0. The summed E-state index contributed by atoms with van der Waals surface area (Å²) in [6, 6.07) is 0.151. The molecule has 23 heavy (non-hydrogen) atoms. The fourth-order valence-electron chi connectivity index (χ4n) is 3.89. The van der Waals surface area contributed by atoms with Crippen molar-refractivity contribution in [2.24, 2.45) is 0 Å². The van der Waals surface area contributed by atoms with Crippen LogP contribution in [0.15, 0.2) is 0 Å². The van der Waals surface area contributed by atoms with Gasteiger partial charge in [0.15, 0.2) is 0 Å². The Kier molecular flexibility index (Phi) is 6.74. The van der Waals surface area contributed by atoms with E-state index in [4.69, 9.17) is 0 Å². The Balaban J connectivity index is 1.70. The molecule has 2 fully saturated rings. The lowest BCUT2D eigenvalue weighted by atomic mass is 9.79. The minimum absolute atomic E-state index is 0.151. The third-order valence-electron chi connectivity index (χ3n) is 4.91. The molecule has 4 nitrogen and oxygen atoms in total. The molecule has 0 aromatic carbocycles. The molecule has 0 aromatic heterocycles. The predicted octanol–water partition coefficient (Wildman–Crippen LogP) is 4.23. The number of nitrogens with one attached hydrogen (secondary N) is 1. The highest BCUT2D eigenvalue weighted by molar-refractivity contribution is 8.77.